The van der Waals surface area contributed by atoms with Crippen molar-refractivity contribution in [2.24, 2.45) is 7.05 Å². The standard InChI is InChI=1S/C11H7F3N2O4/c1-15-7-4-5(11(12,13)14)2-3-6(7)8(17)16(9(15)18)10(19)20/h2-4H,1H3,(H,19,20). The molecule has 20 heavy (non-hydrogen) atoms. The zero-order chi connectivity index (χ0) is 15.2. The smallest absolute Gasteiger partial charge is 0.422 e. The number of aromatic nitrogens is 2. The second-order valence-electron chi connectivity index (χ2n) is 3.99. The fourth-order valence-corrected chi connectivity index (χ4v) is 1.80. The number of hydrogen-bond acceptors (Lipinski definition) is 3. The molecule has 9 heteroatoms. The molecule has 0 aliphatic rings. The summed E-state index contributed by atoms with van der Waals surface area (Å²) in [6.45, 7) is 0. The van der Waals surface area contributed by atoms with E-state index in [-0.39, 0.29) is 15.5 Å². The summed E-state index contributed by atoms with van der Waals surface area (Å²) >= 11 is 0. The fourth-order valence-electron chi connectivity index (χ4n) is 1.80. The number of carbonyl (C=O) groups is 1. The summed E-state index contributed by atoms with van der Waals surface area (Å²) in [6.07, 6.45) is -6.43. The third kappa shape index (κ3) is 1.96. The first-order valence-electron chi connectivity index (χ1n) is 5.21. The minimum absolute atomic E-state index is 0.0599. The molecule has 1 N–H and O–H groups in total. The number of benzene rings is 1. The Balaban J connectivity index is 2.98. The van der Waals surface area contributed by atoms with Gasteiger partial charge in [0.2, 0.25) is 0 Å². The molecule has 2 rings (SSSR count). The van der Waals surface area contributed by atoms with Gasteiger partial charge in [-0.05, 0) is 18.2 Å². The number of nitrogens with zero attached hydrogens (tertiary/aromatic N) is 2. The summed E-state index contributed by atoms with van der Waals surface area (Å²) < 4.78 is 38.4. The van der Waals surface area contributed by atoms with Crippen LogP contribution >= 0.6 is 0 Å². The molecule has 6 nitrogen and oxygen atoms in total. The predicted molar refractivity (Wildman–Crippen MR) is 61.9 cm³/mol. The van der Waals surface area contributed by atoms with Gasteiger partial charge in [0.05, 0.1) is 16.5 Å². The van der Waals surface area contributed by atoms with Crippen LogP contribution in [0.1, 0.15) is 5.56 Å². The van der Waals surface area contributed by atoms with E-state index in [0.29, 0.717) is 16.7 Å². The normalized spacial score (nSPS) is 11.8. The van der Waals surface area contributed by atoms with E-state index in [0.717, 1.165) is 13.1 Å². The number of hydrogen-bond donors (Lipinski definition) is 1. The lowest BCUT2D eigenvalue weighted by atomic mass is 10.1. The van der Waals surface area contributed by atoms with Gasteiger partial charge >= 0.3 is 18.0 Å². The van der Waals surface area contributed by atoms with Gasteiger partial charge in [-0.3, -0.25) is 9.36 Å². The second-order valence-corrected chi connectivity index (χ2v) is 3.99. The van der Waals surface area contributed by atoms with E-state index in [1.165, 1.54) is 0 Å². The van der Waals surface area contributed by atoms with Crippen LogP contribution < -0.4 is 11.2 Å². The Hall–Kier alpha value is -2.58. The number of carboxylic acid groups (broad SMARTS) is 1. The molecule has 0 unspecified atom stereocenters. The van der Waals surface area contributed by atoms with E-state index in [9.17, 15) is 27.6 Å². The average Bonchev–Trinajstić information content (AvgIpc) is 2.34. The topological polar surface area (TPSA) is 81.3 Å². The van der Waals surface area contributed by atoms with Crippen LogP contribution in [0.4, 0.5) is 18.0 Å². The molecule has 2 aromatic rings. The molecule has 1 aromatic heterocycles. The summed E-state index contributed by atoms with van der Waals surface area (Å²) in [5.41, 5.74) is -3.72. The maximum atomic E-state index is 12.6. The molecule has 0 aliphatic heterocycles. The highest BCUT2D eigenvalue weighted by molar-refractivity contribution is 5.81. The minimum Gasteiger partial charge on any atom is -0.464 e. The van der Waals surface area contributed by atoms with Crippen molar-refractivity contribution in [1.82, 2.24) is 9.13 Å². The quantitative estimate of drug-likeness (QED) is 0.791. The molecule has 1 aromatic carbocycles. The predicted octanol–water partition coefficient (Wildman–Crippen LogP) is 1.25. The van der Waals surface area contributed by atoms with Gasteiger partial charge in [-0.15, -0.1) is 0 Å². The van der Waals surface area contributed by atoms with Gasteiger partial charge in [-0.25, -0.2) is 9.59 Å². The van der Waals surface area contributed by atoms with E-state index >= 15 is 0 Å². The molecule has 0 spiro atoms. The highest BCUT2D eigenvalue weighted by Crippen LogP contribution is 2.30. The highest BCUT2D eigenvalue weighted by Gasteiger charge is 2.31. The number of alkyl halides is 3. The van der Waals surface area contributed by atoms with Gasteiger partial charge < -0.3 is 5.11 Å². The van der Waals surface area contributed by atoms with E-state index < -0.39 is 29.1 Å². The van der Waals surface area contributed by atoms with Crippen LogP contribution in [0, 0.1) is 0 Å². The Labute approximate surface area is 108 Å². The molecule has 0 radical (unpaired) electrons. The lowest BCUT2D eigenvalue weighted by Gasteiger charge is -2.11. The van der Waals surface area contributed by atoms with Gasteiger partial charge in [0.25, 0.3) is 5.56 Å². The Morgan fingerprint density at radius 3 is 2.35 bits per heavy atom. The fraction of sp³-hybridized carbons (Fsp3) is 0.182. The molecular weight excluding hydrogens is 281 g/mol. The molecule has 1 heterocycles. The minimum atomic E-state index is -4.63. The van der Waals surface area contributed by atoms with Crippen LogP contribution in [0.3, 0.4) is 0 Å². The van der Waals surface area contributed by atoms with Crippen molar-refractivity contribution in [1.29, 1.82) is 0 Å². The summed E-state index contributed by atoms with van der Waals surface area (Å²) in [5, 5.41) is 8.49. The second kappa shape index (κ2) is 4.22. The summed E-state index contributed by atoms with van der Waals surface area (Å²) in [4.78, 5) is 34.3. The number of halogens is 3. The van der Waals surface area contributed by atoms with Crippen molar-refractivity contribution in [2.45, 2.75) is 6.18 Å². The Morgan fingerprint density at radius 1 is 1.25 bits per heavy atom. The Morgan fingerprint density at radius 2 is 1.85 bits per heavy atom. The van der Waals surface area contributed by atoms with Gasteiger partial charge in [-0.2, -0.15) is 17.7 Å². The SMILES string of the molecule is Cn1c(=O)n(C(=O)O)c(=O)c2ccc(C(F)(F)F)cc21. The van der Waals surface area contributed by atoms with Crippen LogP contribution in [0.25, 0.3) is 10.9 Å². The van der Waals surface area contributed by atoms with E-state index in [1.807, 2.05) is 0 Å². The lowest BCUT2D eigenvalue weighted by Crippen LogP contribution is -2.42. The molecule has 0 atom stereocenters. The highest BCUT2D eigenvalue weighted by atomic mass is 19.4. The first kappa shape index (κ1) is 13.8. The van der Waals surface area contributed by atoms with Crippen molar-refractivity contribution in [3.05, 3.63) is 44.6 Å². The van der Waals surface area contributed by atoms with E-state index in [4.69, 9.17) is 5.11 Å². The van der Waals surface area contributed by atoms with Crippen LogP contribution in [0.15, 0.2) is 27.8 Å². The van der Waals surface area contributed by atoms with Crippen molar-refractivity contribution in [3.8, 4) is 0 Å². The van der Waals surface area contributed by atoms with E-state index in [2.05, 4.69) is 0 Å². The van der Waals surface area contributed by atoms with Crippen molar-refractivity contribution in [2.75, 3.05) is 0 Å². The molecule has 0 fully saturated rings. The van der Waals surface area contributed by atoms with Crippen molar-refractivity contribution < 1.29 is 23.1 Å². The van der Waals surface area contributed by atoms with Gasteiger partial charge in [0.15, 0.2) is 0 Å². The van der Waals surface area contributed by atoms with Crippen molar-refractivity contribution >= 4 is 17.0 Å². The zero-order valence-corrected chi connectivity index (χ0v) is 9.93. The summed E-state index contributed by atoms with van der Waals surface area (Å²) in [5.74, 6) is 0. The molecule has 0 aliphatic carbocycles. The van der Waals surface area contributed by atoms with Crippen LogP contribution in [-0.4, -0.2) is 20.3 Å². The average molecular weight is 288 g/mol. The maximum absolute atomic E-state index is 12.6. The first-order valence-corrected chi connectivity index (χ1v) is 5.21. The molecular formula is C11H7F3N2O4. The molecule has 0 saturated carbocycles. The van der Waals surface area contributed by atoms with Gasteiger partial charge in [0, 0.05) is 7.05 Å². The number of fused-ring (bicyclic) bond motifs is 1. The Bertz CT molecular complexity index is 832. The number of aryl methyl sites for hydroxylation is 1. The largest absolute Gasteiger partial charge is 0.464 e. The van der Waals surface area contributed by atoms with Crippen LogP contribution in [0.5, 0.6) is 0 Å². The van der Waals surface area contributed by atoms with Crippen LogP contribution in [0.2, 0.25) is 0 Å². The lowest BCUT2D eigenvalue weighted by molar-refractivity contribution is -0.137. The molecule has 0 bridgehead atoms. The number of rotatable bonds is 0. The Kier molecular flexibility index (Phi) is 2.92. The van der Waals surface area contributed by atoms with Crippen molar-refractivity contribution in [3.63, 3.8) is 0 Å². The molecule has 0 saturated heterocycles. The van der Waals surface area contributed by atoms with Gasteiger partial charge in [-0.1, -0.05) is 0 Å². The van der Waals surface area contributed by atoms with Gasteiger partial charge in [0.1, 0.15) is 0 Å². The third-order valence-electron chi connectivity index (χ3n) is 2.79. The van der Waals surface area contributed by atoms with E-state index in [1.54, 1.807) is 0 Å². The first-order chi connectivity index (χ1) is 9.14. The third-order valence-corrected chi connectivity index (χ3v) is 2.79. The summed E-state index contributed by atoms with van der Waals surface area (Å²) in [6, 6.07) is 2.13. The van der Waals surface area contributed by atoms with Crippen LogP contribution in [-0.2, 0) is 13.2 Å². The maximum Gasteiger partial charge on any atom is 0.422 e. The molecule has 0 amide bonds. The molecule has 106 valence electrons. The monoisotopic (exact) mass is 288 g/mol. The zero-order valence-electron chi connectivity index (χ0n) is 9.93. The summed E-state index contributed by atoms with van der Waals surface area (Å²) in [7, 11) is 1.09.